The van der Waals surface area contributed by atoms with E-state index in [1.807, 2.05) is 30.1 Å². The molecule has 0 atom stereocenters. The third-order valence-electron chi connectivity index (χ3n) is 2.72. The van der Waals surface area contributed by atoms with Crippen molar-refractivity contribution in [2.75, 3.05) is 11.9 Å². The van der Waals surface area contributed by atoms with Crippen LogP contribution in [0.2, 0.25) is 0 Å². The second kappa shape index (κ2) is 5.81. The maximum atomic E-state index is 8.66. The van der Waals surface area contributed by atoms with Crippen LogP contribution in [-0.2, 0) is 6.54 Å². The van der Waals surface area contributed by atoms with Gasteiger partial charge in [0.05, 0.1) is 0 Å². The average Bonchev–Trinajstić information content (AvgIpc) is 2.47. The highest BCUT2D eigenvalue weighted by Gasteiger charge is 2.06. The van der Waals surface area contributed by atoms with E-state index in [0.717, 1.165) is 17.8 Å². The van der Waals surface area contributed by atoms with Gasteiger partial charge in [-0.1, -0.05) is 5.16 Å². The Morgan fingerprint density at radius 2 is 2.05 bits per heavy atom. The summed E-state index contributed by atoms with van der Waals surface area (Å²) in [6.45, 7) is 0.738. The lowest BCUT2D eigenvalue weighted by Gasteiger charge is -2.19. The number of rotatable bonds is 4. The summed E-state index contributed by atoms with van der Waals surface area (Å²) in [4.78, 5) is 10.1. The minimum absolute atomic E-state index is 0.000777. The zero-order valence-corrected chi connectivity index (χ0v) is 10.6. The molecule has 0 saturated carbocycles. The number of oxime groups is 1. The molecule has 0 aliphatic heterocycles. The van der Waals surface area contributed by atoms with Gasteiger partial charge in [-0.2, -0.15) is 0 Å². The molecular weight excluding hydrogens is 242 g/mol. The molecule has 6 heteroatoms. The van der Waals surface area contributed by atoms with Crippen molar-refractivity contribution in [1.29, 1.82) is 0 Å². The highest BCUT2D eigenvalue weighted by molar-refractivity contribution is 5.95. The molecule has 98 valence electrons. The zero-order chi connectivity index (χ0) is 13.7. The van der Waals surface area contributed by atoms with E-state index in [1.54, 1.807) is 24.7 Å². The molecular formula is C13H15N5O. The summed E-state index contributed by atoms with van der Waals surface area (Å²) < 4.78 is 0. The van der Waals surface area contributed by atoms with Crippen LogP contribution in [0.15, 0.2) is 48.0 Å². The number of hydrogen-bond acceptors (Lipinski definition) is 5. The molecule has 0 fully saturated rings. The van der Waals surface area contributed by atoms with E-state index >= 15 is 0 Å². The second-order valence-electron chi connectivity index (χ2n) is 4.10. The van der Waals surface area contributed by atoms with Gasteiger partial charge in [0.2, 0.25) is 0 Å². The normalized spacial score (nSPS) is 11.3. The zero-order valence-electron chi connectivity index (χ0n) is 10.6. The molecule has 0 aromatic carbocycles. The van der Waals surface area contributed by atoms with E-state index in [9.17, 15) is 0 Å². The Bertz CT molecular complexity index is 570. The van der Waals surface area contributed by atoms with Gasteiger partial charge in [-0.15, -0.1) is 0 Å². The number of nitrogens with two attached hydrogens (primary N) is 1. The fourth-order valence-corrected chi connectivity index (χ4v) is 1.70. The maximum Gasteiger partial charge on any atom is 0.188 e. The highest BCUT2D eigenvalue weighted by atomic mass is 16.4. The van der Waals surface area contributed by atoms with Gasteiger partial charge in [-0.25, -0.2) is 0 Å². The summed E-state index contributed by atoms with van der Waals surface area (Å²) in [5.41, 5.74) is 8.06. The van der Waals surface area contributed by atoms with Crippen molar-refractivity contribution in [3.63, 3.8) is 0 Å². The lowest BCUT2D eigenvalue weighted by atomic mass is 10.2. The van der Waals surface area contributed by atoms with Crippen LogP contribution in [0, 0.1) is 0 Å². The van der Waals surface area contributed by atoms with Crippen LogP contribution in [0.3, 0.4) is 0 Å². The SMILES string of the molecule is CN(Cc1ccncc1)c1ccnc(C(N)=NO)c1. The standard InChI is InChI=1S/C13H15N5O/c1-18(9-10-2-5-15-6-3-10)11-4-7-16-12(8-11)13(14)17-19/h2-8,19H,9H2,1H3,(H2,14,17). The van der Waals surface area contributed by atoms with Crippen LogP contribution >= 0.6 is 0 Å². The van der Waals surface area contributed by atoms with Crippen LogP contribution in [0.25, 0.3) is 0 Å². The van der Waals surface area contributed by atoms with Crippen LogP contribution in [0.4, 0.5) is 5.69 Å². The maximum absolute atomic E-state index is 8.66. The third-order valence-corrected chi connectivity index (χ3v) is 2.72. The van der Waals surface area contributed by atoms with E-state index in [1.165, 1.54) is 0 Å². The lowest BCUT2D eigenvalue weighted by molar-refractivity contribution is 0.318. The van der Waals surface area contributed by atoms with Crippen LogP contribution < -0.4 is 10.6 Å². The minimum atomic E-state index is -0.000777. The predicted molar refractivity (Wildman–Crippen MR) is 73.1 cm³/mol. The molecule has 2 aromatic heterocycles. The molecule has 0 aliphatic carbocycles. The molecule has 0 unspecified atom stereocenters. The molecule has 2 aromatic rings. The number of amidine groups is 1. The molecule has 19 heavy (non-hydrogen) atoms. The van der Waals surface area contributed by atoms with E-state index in [0.29, 0.717) is 5.69 Å². The number of anilines is 1. The van der Waals surface area contributed by atoms with Gasteiger partial charge in [0.25, 0.3) is 0 Å². The van der Waals surface area contributed by atoms with E-state index < -0.39 is 0 Å². The topological polar surface area (TPSA) is 87.6 Å². The van der Waals surface area contributed by atoms with Crippen molar-refractivity contribution >= 4 is 11.5 Å². The van der Waals surface area contributed by atoms with Gasteiger partial charge in [0.15, 0.2) is 5.84 Å². The first-order valence-corrected chi connectivity index (χ1v) is 5.74. The van der Waals surface area contributed by atoms with Crippen molar-refractivity contribution < 1.29 is 5.21 Å². The van der Waals surface area contributed by atoms with Gasteiger partial charge >= 0.3 is 0 Å². The molecule has 0 aliphatic rings. The summed E-state index contributed by atoms with van der Waals surface area (Å²) in [7, 11) is 1.96. The fraction of sp³-hybridized carbons (Fsp3) is 0.154. The van der Waals surface area contributed by atoms with Gasteiger partial charge < -0.3 is 15.8 Å². The number of aromatic nitrogens is 2. The van der Waals surface area contributed by atoms with Gasteiger partial charge in [-0.3, -0.25) is 9.97 Å². The largest absolute Gasteiger partial charge is 0.409 e. The van der Waals surface area contributed by atoms with Gasteiger partial charge in [0.1, 0.15) is 5.69 Å². The first-order chi connectivity index (χ1) is 9.20. The summed E-state index contributed by atoms with van der Waals surface area (Å²) in [6, 6.07) is 7.57. The second-order valence-corrected chi connectivity index (χ2v) is 4.10. The number of pyridine rings is 2. The fourth-order valence-electron chi connectivity index (χ4n) is 1.70. The highest BCUT2D eigenvalue weighted by Crippen LogP contribution is 2.15. The molecule has 2 rings (SSSR count). The first kappa shape index (κ1) is 12.8. The van der Waals surface area contributed by atoms with Gasteiger partial charge in [-0.05, 0) is 29.8 Å². The van der Waals surface area contributed by atoms with Crippen molar-refractivity contribution in [3.05, 3.63) is 54.1 Å². The third kappa shape index (κ3) is 3.19. The number of hydrogen-bond donors (Lipinski definition) is 2. The summed E-state index contributed by atoms with van der Waals surface area (Å²) in [5.74, 6) is -0.000777. The smallest absolute Gasteiger partial charge is 0.188 e. The van der Waals surface area contributed by atoms with Gasteiger partial charge in [0, 0.05) is 37.9 Å². The predicted octanol–water partition coefficient (Wildman–Crippen LogP) is 1.21. The molecule has 0 spiro atoms. The molecule has 0 amide bonds. The summed E-state index contributed by atoms with van der Waals surface area (Å²) in [6.07, 6.45) is 5.15. The van der Waals surface area contributed by atoms with E-state index in [2.05, 4.69) is 15.1 Å². The molecule has 3 N–H and O–H groups in total. The molecule has 0 bridgehead atoms. The van der Waals surface area contributed by atoms with Crippen LogP contribution in [0.5, 0.6) is 0 Å². The summed E-state index contributed by atoms with van der Waals surface area (Å²) in [5, 5.41) is 11.6. The Balaban J connectivity index is 2.17. The average molecular weight is 257 g/mol. The monoisotopic (exact) mass is 257 g/mol. The van der Waals surface area contributed by atoms with Crippen LogP contribution in [-0.4, -0.2) is 28.1 Å². The Hall–Kier alpha value is -2.63. The number of nitrogens with zero attached hydrogens (tertiary/aromatic N) is 4. The molecule has 0 saturated heterocycles. The van der Waals surface area contributed by atoms with Crippen LogP contribution in [0.1, 0.15) is 11.3 Å². The van der Waals surface area contributed by atoms with Crippen molar-refractivity contribution in [2.24, 2.45) is 10.9 Å². The van der Waals surface area contributed by atoms with E-state index in [-0.39, 0.29) is 5.84 Å². The van der Waals surface area contributed by atoms with Crippen molar-refractivity contribution in [1.82, 2.24) is 9.97 Å². The Labute approximate surface area is 111 Å². The Morgan fingerprint density at radius 1 is 1.32 bits per heavy atom. The first-order valence-electron chi connectivity index (χ1n) is 5.74. The molecule has 2 heterocycles. The van der Waals surface area contributed by atoms with Crippen molar-refractivity contribution in [2.45, 2.75) is 6.54 Å². The lowest BCUT2D eigenvalue weighted by Crippen LogP contribution is -2.19. The Morgan fingerprint density at radius 3 is 2.74 bits per heavy atom. The van der Waals surface area contributed by atoms with Crippen molar-refractivity contribution in [3.8, 4) is 0 Å². The molecule has 6 nitrogen and oxygen atoms in total. The minimum Gasteiger partial charge on any atom is -0.409 e. The quantitative estimate of drug-likeness (QED) is 0.372. The Kier molecular flexibility index (Phi) is 3.92. The van der Waals surface area contributed by atoms with E-state index in [4.69, 9.17) is 10.9 Å². The molecule has 0 radical (unpaired) electrons. The summed E-state index contributed by atoms with van der Waals surface area (Å²) >= 11 is 0.